The van der Waals surface area contributed by atoms with E-state index in [1.165, 1.54) is 5.56 Å². The molecule has 2 aromatic rings. The predicted octanol–water partition coefficient (Wildman–Crippen LogP) is 3.37. The molecule has 1 heterocycles. The third kappa shape index (κ3) is 2.88. The number of aromatic nitrogens is 2. The quantitative estimate of drug-likeness (QED) is 0.877. The fourth-order valence-electron chi connectivity index (χ4n) is 1.84. The van der Waals surface area contributed by atoms with Gasteiger partial charge in [0, 0.05) is 12.1 Å². The number of hydrogen-bond acceptors (Lipinski definition) is 4. The van der Waals surface area contributed by atoms with E-state index in [1.807, 2.05) is 13.0 Å². The minimum Gasteiger partial charge on any atom is -0.376 e. The molecular weight excluding hydrogens is 226 g/mol. The zero-order valence-corrected chi connectivity index (χ0v) is 11.1. The van der Waals surface area contributed by atoms with Gasteiger partial charge in [0.1, 0.15) is 0 Å². The molecule has 0 saturated heterocycles. The minimum absolute atomic E-state index is 0.489. The van der Waals surface area contributed by atoms with Crippen molar-refractivity contribution in [1.82, 2.24) is 10.1 Å². The highest BCUT2D eigenvalue weighted by Gasteiger charge is 2.08. The number of para-hydroxylation sites is 1. The molecule has 96 valence electrons. The SMILES string of the molecule is CCc1noc(CNc2ccccc2C(C)C)n1. The first-order valence-corrected chi connectivity index (χ1v) is 6.35. The van der Waals surface area contributed by atoms with Crippen LogP contribution < -0.4 is 5.32 Å². The number of nitrogens with zero attached hydrogens (tertiary/aromatic N) is 2. The standard InChI is InChI=1S/C14H19N3O/c1-4-13-16-14(18-17-13)9-15-12-8-6-5-7-11(12)10(2)3/h5-8,10,15H,4,9H2,1-3H3. The Balaban J connectivity index is 2.05. The summed E-state index contributed by atoms with van der Waals surface area (Å²) >= 11 is 0. The van der Waals surface area contributed by atoms with Gasteiger partial charge >= 0.3 is 0 Å². The molecule has 4 nitrogen and oxygen atoms in total. The highest BCUT2D eigenvalue weighted by atomic mass is 16.5. The first-order chi connectivity index (χ1) is 8.70. The van der Waals surface area contributed by atoms with Crippen LogP contribution in [0.25, 0.3) is 0 Å². The first-order valence-electron chi connectivity index (χ1n) is 6.35. The van der Waals surface area contributed by atoms with Crippen LogP contribution in [-0.4, -0.2) is 10.1 Å². The number of benzene rings is 1. The van der Waals surface area contributed by atoms with Gasteiger partial charge in [-0.3, -0.25) is 0 Å². The maximum atomic E-state index is 5.15. The Morgan fingerprint density at radius 2 is 2.06 bits per heavy atom. The Hall–Kier alpha value is -1.84. The molecule has 1 aromatic carbocycles. The van der Waals surface area contributed by atoms with E-state index < -0.39 is 0 Å². The molecule has 0 radical (unpaired) electrons. The lowest BCUT2D eigenvalue weighted by molar-refractivity contribution is 0.378. The van der Waals surface area contributed by atoms with Gasteiger partial charge in [0.05, 0.1) is 6.54 Å². The number of anilines is 1. The van der Waals surface area contributed by atoms with Crippen molar-refractivity contribution in [2.45, 2.75) is 39.7 Å². The third-order valence-electron chi connectivity index (χ3n) is 2.84. The number of hydrogen-bond donors (Lipinski definition) is 1. The minimum atomic E-state index is 0.489. The summed E-state index contributed by atoms with van der Waals surface area (Å²) in [5.41, 5.74) is 2.43. The van der Waals surface area contributed by atoms with Gasteiger partial charge in [-0.2, -0.15) is 4.98 Å². The van der Waals surface area contributed by atoms with E-state index in [4.69, 9.17) is 4.52 Å². The summed E-state index contributed by atoms with van der Waals surface area (Å²) in [5.74, 6) is 1.87. The molecule has 0 aliphatic carbocycles. The second-order valence-corrected chi connectivity index (χ2v) is 4.55. The molecule has 18 heavy (non-hydrogen) atoms. The summed E-state index contributed by atoms with van der Waals surface area (Å²) in [7, 11) is 0. The van der Waals surface area contributed by atoms with Crippen molar-refractivity contribution in [3.63, 3.8) is 0 Å². The van der Waals surface area contributed by atoms with Crippen LogP contribution in [0.3, 0.4) is 0 Å². The smallest absolute Gasteiger partial charge is 0.245 e. The van der Waals surface area contributed by atoms with Gasteiger partial charge in [0.15, 0.2) is 5.82 Å². The molecule has 0 aliphatic rings. The van der Waals surface area contributed by atoms with Crippen molar-refractivity contribution in [1.29, 1.82) is 0 Å². The second-order valence-electron chi connectivity index (χ2n) is 4.55. The maximum absolute atomic E-state index is 5.15. The van der Waals surface area contributed by atoms with Gasteiger partial charge in [0.25, 0.3) is 0 Å². The fourth-order valence-corrected chi connectivity index (χ4v) is 1.84. The van der Waals surface area contributed by atoms with Crippen LogP contribution >= 0.6 is 0 Å². The van der Waals surface area contributed by atoms with Gasteiger partial charge in [-0.25, -0.2) is 0 Å². The highest BCUT2D eigenvalue weighted by Crippen LogP contribution is 2.23. The van der Waals surface area contributed by atoms with Crippen LogP contribution in [0.5, 0.6) is 0 Å². The van der Waals surface area contributed by atoms with Gasteiger partial charge in [-0.15, -0.1) is 0 Å². The first kappa shape index (κ1) is 12.6. The monoisotopic (exact) mass is 245 g/mol. The van der Waals surface area contributed by atoms with Crippen LogP contribution in [-0.2, 0) is 13.0 Å². The lowest BCUT2D eigenvalue weighted by atomic mass is 10.0. The van der Waals surface area contributed by atoms with Crippen molar-refractivity contribution in [3.05, 3.63) is 41.5 Å². The van der Waals surface area contributed by atoms with Crippen molar-refractivity contribution >= 4 is 5.69 Å². The molecule has 0 unspecified atom stereocenters. The van der Waals surface area contributed by atoms with Crippen LogP contribution in [0.15, 0.2) is 28.8 Å². The van der Waals surface area contributed by atoms with E-state index in [0.29, 0.717) is 18.4 Å². The van der Waals surface area contributed by atoms with Gasteiger partial charge in [-0.05, 0) is 17.5 Å². The Morgan fingerprint density at radius 3 is 2.72 bits per heavy atom. The van der Waals surface area contributed by atoms with Crippen LogP contribution in [0.2, 0.25) is 0 Å². The molecule has 1 aromatic heterocycles. The van der Waals surface area contributed by atoms with Crippen molar-refractivity contribution in [2.24, 2.45) is 0 Å². The van der Waals surface area contributed by atoms with Crippen molar-refractivity contribution < 1.29 is 4.52 Å². The Labute approximate surface area is 107 Å². The van der Waals surface area contributed by atoms with Gasteiger partial charge < -0.3 is 9.84 Å². The van der Waals surface area contributed by atoms with E-state index in [9.17, 15) is 0 Å². The summed E-state index contributed by atoms with van der Waals surface area (Å²) < 4.78 is 5.15. The normalized spacial score (nSPS) is 10.9. The summed E-state index contributed by atoms with van der Waals surface area (Å²) in [6.45, 7) is 6.94. The summed E-state index contributed by atoms with van der Waals surface area (Å²) in [5, 5.41) is 7.23. The average Bonchev–Trinajstić information content (AvgIpc) is 2.84. The maximum Gasteiger partial charge on any atom is 0.245 e. The van der Waals surface area contributed by atoms with Crippen LogP contribution in [0, 0.1) is 0 Å². The van der Waals surface area contributed by atoms with E-state index in [-0.39, 0.29) is 0 Å². The van der Waals surface area contributed by atoms with Gasteiger partial charge in [-0.1, -0.05) is 44.1 Å². The number of nitrogens with one attached hydrogen (secondary N) is 1. The van der Waals surface area contributed by atoms with Gasteiger partial charge in [0.2, 0.25) is 5.89 Å². The number of rotatable bonds is 5. The highest BCUT2D eigenvalue weighted by molar-refractivity contribution is 5.52. The molecule has 0 fully saturated rings. The zero-order chi connectivity index (χ0) is 13.0. The number of aryl methyl sites for hydroxylation is 1. The van der Waals surface area contributed by atoms with Crippen molar-refractivity contribution in [3.8, 4) is 0 Å². The Bertz CT molecular complexity index is 505. The van der Waals surface area contributed by atoms with E-state index >= 15 is 0 Å². The average molecular weight is 245 g/mol. The molecular formula is C14H19N3O. The molecule has 0 atom stereocenters. The molecule has 0 saturated carbocycles. The second kappa shape index (κ2) is 5.67. The Morgan fingerprint density at radius 1 is 1.28 bits per heavy atom. The topological polar surface area (TPSA) is 51.0 Å². The molecule has 0 bridgehead atoms. The van der Waals surface area contributed by atoms with Crippen LogP contribution in [0.4, 0.5) is 5.69 Å². The Kier molecular flexibility index (Phi) is 3.97. The molecule has 4 heteroatoms. The molecule has 0 spiro atoms. The van der Waals surface area contributed by atoms with Crippen molar-refractivity contribution in [2.75, 3.05) is 5.32 Å². The molecule has 1 N–H and O–H groups in total. The van der Waals surface area contributed by atoms with E-state index in [0.717, 1.165) is 17.9 Å². The summed E-state index contributed by atoms with van der Waals surface area (Å²) in [4.78, 5) is 4.28. The lowest BCUT2D eigenvalue weighted by Crippen LogP contribution is -2.03. The van der Waals surface area contributed by atoms with Crippen LogP contribution in [0.1, 0.15) is 44.0 Å². The largest absolute Gasteiger partial charge is 0.376 e. The fraction of sp³-hybridized carbons (Fsp3) is 0.429. The molecule has 0 amide bonds. The molecule has 2 rings (SSSR count). The predicted molar refractivity (Wildman–Crippen MR) is 71.5 cm³/mol. The summed E-state index contributed by atoms with van der Waals surface area (Å²) in [6.07, 6.45) is 0.798. The summed E-state index contributed by atoms with van der Waals surface area (Å²) in [6, 6.07) is 8.30. The van der Waals surface area contributed by atoms with E-state index in [2.05, 4.69) is 47.5 Å². The lowest BCUT2D eigenvalue weighted by Gasteiger charge is -2.13. The third-order valence-corrected chi connectivity index (χ3v) is 2.84. The molecule has 0 aliphatic heterocycles. The van der Waals surface area contributed by atoms with E-state index in [1.54, 1.807) is 0 Å². The zero-order valence-electron chi connectivity index (χ0n) is 11.1.